The smallest absolute Gasteiger partial charge is 0.187 e. The van der Waals surface area contributed by atoms with E-state index in [1.54, 1.807) is 6.20 Å². The third-order valence-corrected chi connectivity index (χ3v) is 3.00. The molecule has 4 nitrogen and oxygen atoms in total. The lowest BCUT2D eigenvalue weighted by Gasteiger charge is -2.08. The Bertz CT molecular complexity index is 664. The van der Waals surface area contributed by atoms with Gasteiger partial charge in [-0.05, 0) is 24.3 Å². The molecule has 0 N–H and O–H groups in total. The summed E-state index contributed by atoms with van der Waals surface area (Å²) in [6.45, 7) is 0. The van der Waals surface area contributed by atoms with Gasteiger partial charge >= 0.3 is 0 Å². The Labute approximate surface area is 115 Å². The molecule has 19 heavy (non-hydrogen) atoms. The van der Waals surface area contributed by atoms with Crippen LogP contribution in [-0.4, -0.2) is 19.7 Å². The zero-order valence-corrected chi connectivity index (χ0v) is 10.8. The molecule has 0 fully saturated rings. The Hall–Kier alpha value is -2.20. The number of pyridine rings is 1. The number of rotatable bonds is 3. The van der Waals surface area contributed by atoms with Crippen LogP contribution in [0.3, 0.4) is 0 Å². The molecular formula is C14H11ClN4. The monoisotopic (exact) mass is 270 g/mol. The van der Waals surface area contributed by atoms with Gasteiger partial charge in [0.2, 0.25) is 0 Å². The maximum absolute atomic E-state index is 5.94. The molecule has 5 heteroatoms. The lowest BCUT2D eigenvalue weighted by molar-refractivity contribution is 0.951. The standard InChI is InChI=1S/C14H11ClN4/c15-10-13-17-18-14(12-8-4-5-9-16-12)19(13)11-6-2-1-3-7-11/h1-9H,10H2. The second kappa shape index (κ2) is 5.20. The normalized spacial score (nSPS) is 10.6. The number of hydrogen-bond donors (Lipinski definition) is 0. The zero-order chi connectivity index (χ0) is 13.1. The van der Waals surface area contributed by atoms with E-state index in [-0.39, 0.29) is 0 Å². The maximum atomic E-state index is 5.94. The summed E-state index contributed by atoms with van der Waals surface area (Å²) in [6.07, 6.45) is 1.74. The molecule has 0 aliphatic carbocycles. The van der Waals surface area contributed by atoms with E-state index in [0.717, 1.165) is 11.4 Å². The third kappa shape index (κ3) is 2.22. The van der Waals surface area contributed by atoms with Crippen LogP contribution in [-0.2, 0) is 5.88 Å². The van der Waals surface area contributed by atoms with E-state index >= 15 is 0 Å². The van der Waals surface area contributed by atoms with Gasteiger partial charge < -0.3 is 0 Å². The van der Waals surface area contributed by atoms with Crippen molar-refractivity contribution in [2.45, 2.75) is 5.88 Å². The molecule has 0 unspecified atom stereocenters. The fourth-order valence-corrected chi connectivity index (χ4v) is 2.09. The molecule has 0 amide bonds. The molecule has 0 bridgehead atoms. The number of halogens is 1. The molecule has 0 aliphatic heterocycles. The highest BCUT2D eigenvalue weighted by molar-refractivity contribution is 6.16. The average molecular weight is 271 g/mol. The Morgan fingerprint density at radius 1 is 0.947 bits per heavy atom. The van der Waals surface area contributed by atoms with Gasteiger partial charge in [0, 0.05) is 11.9 Å². The first-order chi connectivity index (χ1) is 9.40. The van der Waals surface area contributed by atoms with Gasteiger partial charge in [-0.25, -0.2) is 0 Å². The van der Waals surface area contributed by atoms with Crippen LogP contribution in [0.15, 0.2) is 54.7 Å². The highest BCUT2D eigenvalue weighted by atomic mass is 35.5. The summed E-state index contributed by atoms with van der Waals surface area (Å²) in [5.74, 6) is 1.70. The number of nitrogens with zero attached hydrogens (tertiary/aromatic N) is 4. The summed E-state index contributed by atoms with van der Waals surface area (Å²) in [5.41, 5.74) is 1.75. The average Bonchev–Trinajstić information content (AvgIpc) is 2.93. The fraction of sp³-hybridized carbons (Fsp3) is 0.0714. The molecule has 3 rings (SSSR count). The Morgan fingerprint density at radius 2 is 1.74 bits per heavy atom. The van der Waals surface area contributed by atoms with Crippen LogP contribution in [0.2, 0.25) is 0 Å². The molecule has 0 atom stereocenters. The fourth-order valence-electron chi connectivity index (χ4n) is 1.91. The van der Waals surface area contributed by atoms with Crippen molar-refractivity contribution in [3.05, 3.63) is 60.6 Å². The number of aromatic nitrogens is 4. The van der Waals surface area contributed by atoms with Gasteiger partial charge in [0.1, 0.15) is 5.69 Å². The first kappa shape index (κ1) is 11.9. The summed E-state index contributed by atoms with van der Waals surface area (Å²) in [6, 6.07) is 15.6. The van der Waals surface area contributed by atoms with E-state index in [9.17, 15) is 0 Å². The maximum Gasteiger partial charge on any atom is 0.187 e. The van der Waals surface area contributed by atoms with Crippen molar-refractivity contribution in [1.82, 2.24) is 19.7 Å². The lowest BCUT2D eigenvalue weighted by atomic mass is 10.3. The minimum atomic E-state index is 0.300. The van der Waals surface area contributed by atoms with Crippen LogP contribution in [0.25, 0.3) is 17.2 Å². The van der Waals surface area contributed by atoms with Crippen LogP contribution >= 0.6 is 11.6 Å². The van der Waals surface area contributed by atoms with E-state index in [2.05, 4.69) is 15.2 Å². The van der Waals surface area contributed by atoms with E-state index in [1.165, 1.54) is 0 Å². The van der Waals surface area contributed by atoms with Crippen LogP contribution in [0, 0.1) is 0 Å². The summed E-state index contributed by atoms with van der Waals surface area (Å²) < 4.78 is 1.93. The van der Waals surface area contributed by atoms with Crippen molar-refractivity contribution in [3.63, 3.8) is 0 Å². The minimum absolute atomic E-state index is 0.300. The van der Waals surface area contributed by atoms with Crippen molar-refractivity contribution >= 4 is 11.6 Å². The van der Waals surface area contributed by atoms with Crippen molar-refractivity contribution in [3.8, 4) is 17.2 Å². The Morgan fingerprint density at radius 3 is 2.42 bits per heavy atom. The number of para-hydroxylation sites is 1. The lowest BCUT2D eigenvalue weighted by Crippen LogP contribution is -2.02. The molecule has 0 radical (unpaired) electrons. The van der Waals surface area contributed by atoms with Gasteiger partial charge in [-0.2, -0.15) is 0 Å². The summed E-state index contributed by atoms with van der Waals surface area (Å²) >= 11 is 5.94. The molecule has 0 saturated heterocycles. The van der Waals surface area contributed by atoms with Gasteiger partial charge in [0.15, 0.2) is 11.6 Å². The van der Waals surface area contributed by atoms with Gasteiger partial charge in [-0.15, -0.1) is 21.8 Å². The Kier molecular flexibility index (Phi) is 3.25. The molecule has 94 valence electrons. The first-order valence-corrected chi connectivity index (χ1v) is 6.40. The van der Waals surface area contributed by atoms with Crippen molar-refractivity contribution in [2.75, 3.05) is 0 Å². The summed E-state index contributed by atoms with van der Waals surface area (Å²) in [4.78, 5) is 4.32. The highest BCUT2D eigenvalue weighted by Crippen LogP contribution is 2.21. The number of alkyl halides is 1. The van der Waals surface area contributed by atoms with Gasteiger partial charge in [-0.3, -0.25) is 9.55 Å². The first-order valence-electron chi connectivity index (χ1n) is 5.87. The van der Waals surface area contributed by atoms with Crippen LogP contribution in [0.4, 0.5) is 0 Å². The van der Waals surface area contributed by atoms with Gasteiger partial charge in [0.25, 0.3) is 0 Å². The second-order valence-electron chi connectivity index (χ2n) is 3.96. The number of hydrogen-bond acceptors (Lipinski definition) is 3. The van der Waals surface area contributed by atoms with Crippen LogP contribution in [0.5, 0.6) is 0 Å². The quantitative estimate of drug-likeness (QED) is 0.687. The topological polar surface area (TPSA) is 43.6 Å². The molecule has 3 aromatic rings. The van der Waals surface area contributed by atoms with E-state index in [1.807, 2.05) is 53.1 Å². The van der Waals surface area contributed by atoms with Gasteiger partial charge in [-0.1, -0.05) is 24.3 Å². The molecule has 1 aromatic carbocycles. The Balaban J connectivity index is 2.20. The number of benzene rings is 1. The second-order valence-corrected chi connectivity index (χ2v) is 4.23. The van der Waals surface area contributed by atoms with Crippen molar-refractivity contribution in [2.24, 2.45) is 0 Å². The largest absolute Gasteiger partial charge is 0.277 e. The SMILES string of the molecule is ClCc1nnc(-c2ccccn2)n1-c1ccccc1. The molecule has 2 aromatic heterocycles. The zero-order valence-electron chi connectivity index (χ0n) is 10.1. The van der Waals surface area contributed by atoms with Gasteiger partial charge in [0.05, 0.1) is 5.88 Å². The highest BCUT2D eigenvalue weighted by Gasteiger charge is 2.15. The predicted octanol–water partition coefficient (Wildman–Crippen LogP) is 3.07. The molecule has 0 aliphatic rings. The molecule has 0 spiro atoms. The third-order valence-electron chi connectivity index (χ3n) is 2.76. The van der Waals surface area contributed by atoms with E-state index in [4.69, 9.17) is 11.6 Å². The molecular weight excluding hydrogens is 260 g/mol. The van der Waals surface area contributed by atoms with Crippen molar-refractivity contribution < 1.29 is 0 Å². The summed E-state index contributed by atoms with van der Waals surface area (Å²) in [7, 11) is 0. The molecule has 2 heterocycles. The van der Waals surface area contributed by atoms with Crippen molar-refractivity contribution in [1.29, 1.82) is 0 Å². The van der Waals surface area contributed by atoms with E-state index in [0.29, 0.717) is 17.5 Å². The predicted molar refractivity (Wildman–Crippen MR) is 74.1 cm³/mol. The minimum Gasteiger partial charge on any atom is -0.277 e. The van der Waals surface area contributed by atoms with E-state index < -0.39 is 0 Å². The van der Waals surface area contributed by atoms with Crippen LogP contribution < -0.4 is 0 Å². The molecule has 0 saturated carbocycles. The van der Waals surface area contributed by atoms with Crippen LogP contribution in [0.1, 0.15) is 5.82 Å². The summed E-state index contributed by atoms with van der Waals surface area (Å²) in [5, 5.41) is 8.33.